The van der Waals surface area contributed by atoms with E-state index in [2.05, 4.69) is 15.3 Å². The minimum Gasteiger partial charge on any atom is -0.491 e. The van der Waals surface area contributed by atoms with Crippen molar-refractivity contribution in [3.8, 4) is 5.75 Å². The molecule has 42 heavy (non-hydrogen) atoms. The van der Waals surface area contributed by atoms with Gasteiger partial charge < -0.3 is 14.7 Å². The number of thiazole rings is 2. The van der Waals surface area contributed by atoms with E-state index in [0.717, 1.165) is 26.9 Å². The number of para-hydroxylation sites is 1. The number of nitrogens with zero attached hydrogens (tertiary/aromatic N) is 3. The molecule has 0 saturated heterocycles. The summed E-state index contributed by atoms with van der Waals surface area (Å²) < 4.78 is 20.7. The molecular formula is C31H27FN4O4S2. The molecule has 0 fully saturated rings. The van der Waals surface area contributed by atoms with E-state index in [1.54, 1.807) is 18.2 Å². The molecule has 2 aromatic heterocycles. The number of carboxylic acids is 1. The van der Waals surface area contributed by atoms with Gasteiger partial charge in [-0.05, 0) is 73.2 Å². The largest absolute Gasteiger partial charge is 0.491 e. The molecular weight excluding hydrogens is 575 g/mol. The molecule has 0 unspecified atom stereocenters. The number of hydrogen-bond donors (Lipinski definition) is 2. The molecule has 1 aliphatic rings. The second-order valence-corrected chi connectivity index (χ2v) is 12.1. The van der Waals surface area contributed by atoms with Gasteiger partial charge in [0.2, 0.25) is 0 Å². The zero-order valence-corrected chi connectivity index (χ0v) is 24.4. The van der Waals surface area contributed by atoms with Crippen molar-refractivity contribution in [3.63, 3.8) is 0 Å². The average molecular weight is 603 g/mol. The van der Waals surface area contributed by atoms with Crippen LogP contribution in [-0.2, 0) is 19.4 Å². The van der Waals surface area contributed by atoms with Crippen molar-refractivity contribution in [3.05, 3.63) is 99.3 Å². The number of carboxylic acid groups (broad SMARTS) is 1. The molecule has 6 rings (SSSR count). The number of amides is 1. The van der Waals surface area contributed by atoms with E-state index >= 15 is 0 Å². The summed E-state index contributed by atoms with van der Waals surface area (Å²) >= 11 is 2.76. The van der Waals surface area contributed by atoms with Gasteiger partial charge in [0.25, 0.3) is 5.91 Å². The monoisotopic (exact) mass is 602 g/mol. The first-order valence-corrected chi connectivity index (χ1v) is 15.1. The van der Waals surface area contributed by atoms with Crippen molar-refractivity contribution in [2.45, 2.75) is 32.7 Å². The highest BCUT2D eigenvalue weighted by atomic mass is 32.1. The second-order valence-electron chi connectivity index (χ2n) is 10.0. The van der Waals surface area contributed by atoms with Gasteiger partial charge in [0, 0.05) is 23.5 Å². The Morgan fingerprint density at radius 3 is 2.76 bits per heavy atom. The summed E-state index contributed by atoms with van der Waals surface area (Å²) in [7, 11) is 0. The molecule has 2 N–H and O–H groups in total. The number of nitrogens with one attached hydrogen (secondary N) is 1. The summed E-state index contributed by atoms with van der Waals surface area (Å²) in [4.78, 5) is 37.0. The van der Waals surface area contributed by atoms with Crippen LogP contribution in [0.25, 0.3) is 10.2 Å². The fourth-order valence-electron chi connectivity index (χ4n) is 5.00. The molecule has 0 radical (unpaired) electrons. The maximum absolute atomic E-state index is 14.1. The maximum atomic E-state index is 14.1. The van der Waals surface area contributed by atoms with Crippen LogP contribution in [0.4, 0.5) is 14.7 Å². The molecule has 8 nitrogen and oxygen atoms in total. The van der Waals surface area contributed by atoms with Gasteiger partial charge in [-0.1, -0.05) is 41.7 Å². The van der Waals surface area contributed by atoms with Crippen LogP contribution >= 0.6 is 22.7 Å². The first-order valence-electron chi connectivity index (χ1n) is 13.5. The topological polar surface area (TPSA) is 105 Å². The average Bonchev–Trinajstić information content (AvgIpc) is 3.59. The van der Waals surface area contributed by atoms with Crippen molar-refractivity contribution in [1.29, 1.82) is 0 Å². The van der Waals surface area contributed by atoms with Gasteiger partial charge in [0.15, 0.2) is 27.5 Å². The summed E-state index contributed by atoms with van der Waals surface area (Å²) in [6.45, 7) is 3.14. The Morgan fingerprint density at radius 2 is 1.95 bits per heavy atom. The van der Waals surface area contributed by atoms with Crippen LogP contribution in [0.1, 0.15) is 48.8 Å². The van der Waals surface area contributed by atoms with Crippen LogP contribution < -0.4 is 15.0 Å². The van der Waals surface area contributed by atoms with E-state index in [0.29, 0.717) is 53.1 Å². The van der Waals surface area contributed by atoms with Crippen molar-refractivity contribution in [1.82, 2.24) is 9.97 Å². The van der Waals surface area contributed by atoms with E-state index in [4.69, 9.17) is 4.74 Å². The number of aryl methyl sites for hydroxylation is 2. The van der Waals surface area contributed by atoms with Crippen LogP contribution in [0.5, 0.6) is 5.75 Å². The lowest BCUT2D eigenvalue weighted by Crippen LogP contribution is -2.32. The Morgan fingerprint density at radius 1 is 1.10 bits per heavy atom. The second kappa shape index (κ2) is 11.9. The summed E-state index contributed by atoms with van der Waals surface area (Å²) in [5.41, 5.74) is 4.20. The zero-order chi connectivity index (χ0) is 29.2. The van der Waals surface area contributed by atoms with Gasteiger partial charge >= 0.3 is 5.97 Å². The van der Waals surface area contributed by atoms with E-state index < -0.39 is 11.8 Å². The van der Waals surface area contributed by atoms with Crippen LogP contribution in [0.2, 0.25) is 0 Å². The Balaban J connectivity index is 1.16. The van der Waals surface area contributed by atoms with Gasteiger partial charge in [-0.2, -0.15) is 0 Å². The first-order chi connectivity index (χ1) is 20.4. The van der Waals surface area contributed by atoms with E-state index in [-0.39, 0.29) is 24.0 Å². The number of ether oxygens (including phenoxy) is 1. The maximum Gasteiger partial charge on any atom is 0.355 e. The van der Waals surface area contributed by atoms with Gasteiger partial charge in [0.1, 0.15) is 0 Å². The van der Waals surface area contributed by atoms with Gasteiger partial charge in [-0.3, -0.25) is 10.1 Å². The third-order valence-corrected chi connectivity index (χ3v) is 9.21. The summed E-state index contributed by atoms with van der Waals surface area (Å²) in [5.74, 6) is -1.56. The molecule has 5 aromatic rings. The molecule has 214 valence electrons. The fourth-order valence-corrected chi connectivity index (χ4v) is 6.98. The minimum atomic E-state index is -1.09. The molecule has 1 amide bonds. The molecule has 0 aliphatic carbocycles. The van der Waals surface area contributed by atoms with E-state index in [1.165, 1.54) is 28.7 Å². The van der Waals surface area contributed by atoms with Crippen molar-refractivity contribution < 1.29 is 23.8 Å². The Bertz CT molecular complexity index is 1770. The summed E-state index contributed by atoms with van der Waals surface area (Å²) in [5, 5.41) is 13.9. The molecule has 3 heterocycles. The molecule has 0 atom stereocenters. The molecule has 0 saturated carbocycles. The van der Waals surface area contributed by atoms with Gasteiger partial charge in [-0.15, -0.1) is 11.3 Å². The number of rotatable bonds is 9. The lowest BCUT2D eigenvalue weighted by molar-refractivity contribution is 0.0690. The van der Waals surface area contributed by atoms with Crippen LogP contribution in [0.3, 0.4) is 0 Å². The summed E-state index contributed by atoms with van der Waals surface area (Å²) in [6.07, 6.45) is 1.64. The number of benzene rings is 3. The molecule has 3 aromatic carbocycles. The fraction of sp³-hybridized carbons (Fsp3) is 0.226. The summed E-state index contributed by atoms with van der Waals surface area (Å²) in [6, 6.07) is 18.2. The third kappa shape index (κ3) is 5.83. The number of carbonyl (C=O) groups excluding carboxylic acids is 1. The number of carbonyl (C=O) groups is 2. The quantitative estimate of drug-likeness (QED) is 0.180. The normalized spacial score (nSPS) is 12.8. The smallest absolute Gasteiger partial charge is 0.355 e. The standard InChI is InChI=1S/C31H27FN4O4S2/c1-18-11-12-24(22(32)16-18)40-15-5-10-26-27(29(38)39)34-31(42-26)36-14-13-19-6-4-7-20(21(19)17-36)28(37)35-30-33-23-8-2-3-9-25(23)41-30/h2-4,6-9,11-12,16H,5,10,13-15,17H2,1H3,(H,38,39)(H,33,35,37). The highest BCUT2D eigenvalue weighted by Crippen LogP contribution is 2.33. The zero-order valence-electron chi connectivity index (χ0n) is 22.7. The number of fused-ring (bicyclic) bond motifs is 2. The Kier molecular flexibility index (Phi) is 7.86. The Hall–Kier alpha value is -4.35. The number of aromatic nitrogens is 2. The lowest BCUT2D eigenvalue weighted by atomic mass is 9.94. The molecule has 11 heteroatoms. The van der Waals surface area contributed by atoms with E-state index in [9.17, 15) is 19.1 Å². The van der Waals surface area contributed by atoms with Gasteiger partial charge in [0.05, 0.1) is 16.8 Å². The number of hydrogen-bond acceptors (Lipinski definition) is 8. The minimum absolute atomic E-state index is 0.0178. The lowest BCUT2D eigenvalue weighted by Gasteiger charge is -2.29. The third-order valence-electron chi connectivity index (χ3n) is 7.08. The number of anilines is 2. The highest BCUT2D eigenvalue weighted by molar-refractivity contribution is 7.22. The highest BCUT2D eigenvalue weighted by Gasteiger charge is 2.26. The van der Waals surface area contributed by atoms with Crippen LogP contribution in [-0.4, -0.2) is 40.1 Å². The first kappa shape index (κ1) is 27.8. The van der Waals surface area contributed by atoms with E-state index in [1.807, 2.05) is 48.2 Å². The SMILES string of the molecule is Cc1ccc(OCCCc2sc(N3CCc4cccc(C(=O)Nc5nc6ccccc6s5)c4C3)nc2C(=O)O)c(F)c1. The van der Waals surface area contributed by atoms with Crippen molar-refractivity contribution >= 4 is 55.0 Å². The number of aromatic carboxylic acids is 1. The van der Waals surface area contributed by atoms with Gasteiger partial charge in [-0.25, -0.2) is 19.2 Å². The van der Waals surface area contributed by atoms with Crippen molar-refractivity contribution in [2.24, 2.45) is 0 Å². The Labute approximate surface area is 249 Å². The molecule has 0 bridgehead atoms. The molecule has 0 spiro atoms. The van der Waals surface area contributed by atoms with Crippen molar-refractivity contribution in [2.75, 3.05) is 23.4 Å². The van der Waals surface area contributed by atoms with Crippen LogP contribution in [0, 0.1) is 12.7 Å². The molecule has 1 aliphatic heterocycles. The predicted octanol–water partition coefficient (Wildman–Crippen LogP) is 6.73. The predicted molar refractivity (Wildman–Crippen MR) is 163 cm³/mol. The number of halogens is 1. The van der Waals surface area contributed by atoms with Crippen LogP contribution in [0.15, 0.2) is 60.7 Å².